The number of nitrogens with zero attached hydrogens (tertiary/aromatic N) is 2. The lowest BCUT2D eigenvalue weighted by Crippen LogP contribution is -2.32. The maximum Gasteiger partial charge on any atom is 0.273 e. The highest BCUT2D eigenvalue weighted by molar-refractivity contribution is 6.00. The predicted octanol–water partition coefficient (Wildman–Crippen LogP) is 4.07. The summed E-state index contributed by atoms with van der Waals surface area (Å²) >= 11 is 0. The lowest BCUT2D eigenvalue weighted by atomic mass is 9.96. The fraction of sp³-hybridized carbons (Fsp3) is 0.333. The highest BCUT2D eigenvalue weighted by atomic mass is 16.5. The Morgan fingerprint density at radius 2 is 1.71 bits per heavy atom. The molecule has 0 bridgehead atoms. The van der Waals surface area contributed by atoms with E-state index >= 15 is 0 Å². The van der Waals surface area contributed by atoms with E-state index in [1.54, 1.807) is 14.2 Å². The van der Waals surface area contributed by atoms with E-state index in [2.05, 4.69) is 17.1 Å². The standard InChI is InChI=1S/C24H27N3O4/c1-4-14-31-19-11-7-17(8-12-19)23-20-21(16-5-9-18(30-3)10-6-16)25-26-22(20)24(28)27(23)13-15-29-2/h5-12,23H,4,13-15H2,1-3H3,(H,25,26). The number of carbonyl (C=O) groups is 1. The summed E-state index contributed by atoms with van der Waals surface area (Å²) in [6.07, 6.45) is 0.952. The van der Waals surface area contributed by atoms with Crippen LogP contribution in [0.4, 0.5) is 0 Å². The lowest BCUT2D eigenvalue weighted by Gasteiger charge is -2.26. The average molecular weight is 421 g/mol. The van der Waals surface area contributed by atoms with Crippen LogP contribution in [0.2, 0.25) is 0 Å². The van der Waals surface area contributed by atoms with Crippen molar-refractivity contribution < 1.29 is 19.0 Å². The van der Waals surface area contributed by atoms with Crippen molar-refractivity contribution in [2.24, 2.45) is 0 Å². The second-order valence-electron chi connectivity index (χ2n) is 7.40. The van der Waals surface area contributed by atoms with E-state index in [4.69, 9.17) is 14.2 Å². The number of carbonyl (C=O) groups excluding carboxylic acids is 1. The highest BCUT2D eigenvalue weighted by Gasteiger charge is 2.41. The van der Waals surface area contributed by atoms with Crippen molar-refractivity contribution in [2.45, 2.75) is 19.4 Å². The van der Waals surface area contributed by atoms with Gasteiger partial charge in [-0.25, -0.2) is 0 Å². The quantitative estimate of drug-likeness (QED) is 0.564. The monoisotopic (exact) mass is 421 g/mol. The number of aromatic amines is 1. The van der Waals surface area contributed by atoms with E-state index in [1.807, 2.05) is 53.4 Å². The molecule has 4 rings (SSSR count). The summed E-state index contributed by atoms with van der Waals surface area (Å²) in [5.74, 6) is 1.52. The number of nitrogens with one attached hydrogen (secondary N) is 1. The number of aromatic nitrogens is 2. The van der Waals surface area contributed by atoms with Crippen LogP contribution in [0.25, 0.3) is 11.3 Å². The lowest BCUT2D eigenvalue weighted by molar-refractivity contribution is 0.0677. The molecule has 0 spiro atoms. The molecule has 162 valence electrons. The van der Waals surface area contributed by atoms with Crippen LogP contribution in [-0.2, 0) is 4.74 Å². The van der Waals surface area contributed by atoms with Gasteiger partial charge in [-0.1, -0.05) is 19.1 Å². The van der Waals surface area contributed by atoms with Gasteiger partial charge in [-0.3, -0.25) is 9.89 Å². The minimum Gasteiger partial charge on any atom is -0.497 e. The van der Waals surface area contributed by atoms with E-state index in [9.17, 15) is 4.79 Å². The van der Waals surface area contributed by atoms with E-state index < -0.39 is 0 Å². The van der Waals surface area contributed by atoms with Gasteiger partial charge < -0.3 is 19.1 Å². The third-order valence-corrected chi connectivity index (χ3v) is 5.43. The Labute approximate surface area is 181 Å². The van der Waals surface area contributed by atoms with Crippen LogP contribution in [0.1, 0.15) is 41.0 Å². The SMILES string of the molecule is CCCOc1ccc(C2c3c(-c4ccc(OC)cc4)n[nH]c3C(=O)N2CCOC)cc1. The molecule has 1 N–H and O–H groups in total. The van der Waals surface area contributed by atoms with E-state index in [0.29, 0.717) is 25.5 Å². The molecule has 7 nitrogen and oxygen atoms in total. The fourth-order valence-electron chi connectivity index (χ4n) is 3.90. The topological polar surface area (TPSA) is 76.7 Å². The first-order valence-corrected chi connectivity index (χ1v) is 10.4. The van der Waals surface area contributed by atoms with Gasteiger partial charge in [0.25, 0.3) is 5.91 Å². The number of benzene rings is 2. The Kier molecular flexibility index (Phi) is 6.23. The number of hydrogen-bond donors (Lipinski definition) is 1. The molecule has 1 unspecified atom stereocenters. The zero-order chi connectivity index (χ0) is 21.8. The number of amides is 1. The van der Waals surface area contributed by atoms with Crippen LogP contribution in [0.5, 0.6) is 11.5 Å². The molecule has 31 heavy (non-hydrogen) atoms. The summed E-state index contributed by atoms with van der Waals surface area (Å²) in [4.78, 5) is 15.0. The molecule has 2 heterocycles. The zero-order valence-corrected chi connectivity index (χ0v) is 18.1. The maximum atomic E-state index is 13.2. The van der Waals surface area contributed by atoms with Crippen molar-refractivity contribution in [1.82, 2.24) is 15.1 Å². The molecule has 3 aromatic rings. The van der Waals surface area contributed by atoms with Gasteiger partial charge in [0.05, 0.1) is 32.1 Å². The molecule has 1 aliphatic heterocycles. The van der Waals surface area contributed by atoms with Crippen LogP contribution in [0.3, 0.4) is 0 Å². The molecule has 2 aromatic carbocycles. The molecule has 1 aliphatic rings. The summed E-state index contributed by atoms with van der Waals surface area (Å²) in [5, 5.41) is 7.46. The number of ether oxygens (including phenoxy) is 3. The number of fused-ring (bicyclic) bond motifs is 1. The Hall–Kier alpha value is -3.32. The minimum atomic E-state index is -0.256. The third-order valence-electron chi connectivity index (χ3n) is 5.43. The predicted molar refractivity (Wildman–Crippen MR) is 118 cm³/mol. The van der Waals surface area contributed by atoms with Crippen molar-refractivity contribution in [3.8, 4) is 22.8 Å². The Balaban J connectivity index is 1.75. The van der Waals surface area contributed by atoms with Gasteiger partial charge in [-0.05, 0) is 48.4 Å². The smallest absolute Gasteiger partial charge is 0.273 e. The van der Waals surface area contributed by atoms with Gasteiger partial charge in [0.15, 0.2) is 0 Å². The number of H-pyrrole nitrogens is 1. The van der Waals surface area contributed by atoms with Gasteiger partial charge in [0, 0.05) is 24.8 Å². The maximum absolute atomic E-state index is 13.2. The molecular formula is C24H27N3O4. The molecule has 7 heteroatoms. The summed E-state index contributed by atoms with van der Waals surface area (Å²) in [6, 6.07) is 15.4. The van der Waals surface area contributed by atoms with Gasteiger partial charge >= 0.3 is 0 Å². The normalized spacial score (nSPS) is 15.3. The van der Waals surface area contributed by atoms with Crippen LogP contribution in [0, 0.1) is 0 Å². The first-order chi connectivity index (χ1) is 15.2. The fourth-order valence-corrected chi connectivity index (χ4v) is 3.90. The Morgan fingerprint density at radius 3 is 2.35 bits per heavy atom. The van der Waals surface area contributed by atoms with E-state index in [-0.39, 0.29) is 11.9 Å². The highest BCUT2D eigenvalue weighted by Crippen LogP contribution is 2.43. The first-order valence-electron chi connectivity index (χ1n) is 10.4. The van der Waals surface area contributed by atoms with Gasteiger partial charge in [-0.2, -0.15) is 5.10 Å². The molecule has 1 amide bonds. The molecule has 1 atom stereocenters. The summed E-state index contributed by atoms with van der Waals surface area (Å²) in [7, 11) is 3.27. The van der Waals surface area contributed by atoms with Crippen LogP contribution in [0.15, 0.2) is 48.5 Å². The Bertz CT molecular complexity index is 1030. The molecule has 0 fully saturated rings. The minimum absolute atomic E-state index is 0.0735. The number of rotatable bonds is 9. The number of methoxy groups -OCH3 is 2. The molecule has 0 radical (unpaired) electrons. The summed E-state index contributed by atoms with van der Waals surface area (Å²) < 4.78 is 16.3. The van der Waals surface area contributed by atoms with Gasteiger partial charge in [0.2, 0.25) is 0 Å². The van der Waals surface area contributed by atoms with E-state index in [1.165, 1.54) is 0 Å². The third kappa shape index (κ3) is 4.01. The van der Waals surface area contributed by atoms with Crippen molar-refractivity contribution in [3.63, 3.8) is 0 Å². The number of hydrogen-bond acceptors (Lipinski definition) is 5. The van der Waals surface area contributed by atoms with Crippen molar-refractivity contribution >= 4 is 5.91 Å². The Morgan fingerprint density at radius 1 is 1.00 bits per heavy atom. The first kappa shape index (κ1) is 20.9. The van der Waals surface area contributed by atoms with Gasteiger partial charge in [0.1, 0.15) is 17.2 Å². The second kappa shape index (κ2) is 9.22. The zero-order valence-electron chi connectivity index (χ0n) is 18.1. The van der Waals surface area contributed by atoms with Crippen LogP contribution < -0.4 is 9.47 Å². The van der Waals surface area contributed by atoms with Crippen LogP contribution in [-0.4, -0.2) is 55.0 Å². The van der Waals surface area contributed by atoms with Crippen LogP contribution >= 0.6 is 0 Å². The molecule has 1 aromatic heterocycles. The largest absolute Gasteiger partial charge is 0.497 e. The molecule has 0 aliphatic carbocycles. The molecule has 0 saturated carbocycles. The second-order valence-corrected chi connectivity index (χ2v) is 7.40. The summed E-state index contributed by atoms with van der Waals surface area (Å²) in [5.41, 5.74) is 4.10. The van der Waals surface area contributed by atoms with E-state index in [0.717, 1.165) is 40.3 Å². The average Bonchev–Trinajstić information content (AvgIpc) is 3.35. The van der Waals surface area contributed by atoms with Crippen molar-refractivity contribution in [1.29, 1.82) is 0 Å². The molecular weight excluding hydrogens is 394 g/mol. The molecule has 0 saturated heterocycles. The van der Waals surface area contributed by atoms with Crippen molar-refractivity contribution in [3.05, 3.63) is 65.4 Å². The summed E-state index contributed by atoms with van der Waals surface area (Å²) in [6.45, 7) is 3.69. The van der Waals surface area contributed by atoms with Crippen molar-refractivity contribution in [2.75, 3.05) is 34.0 Å². The van der Waals surface area contributed by atoms with Gasteiger partial charge in [-0.15, -0.1) is 0 Å².